The molecule has 0 aliphatic heterocycles. The van der Waals surface area contributed by atoms with Crippen LogP contribution >= 0.6 is 22.6 Å². The van der Waals surface area contributed by atoms with Crippen LogP contribution in [0.3, 0.4) is 0 Å². The van der Waals surface area contributed by atoms with Crippen molar-refractivity contribution in [2.24, 2.45) is 0 Å². The number of fused-ring (bicyclic) bond motifs is 1. The zero-order chi connectivity index (χ0) is 23.6. The summed E-state index contributed by atoms with van der Waals surface area (Å²) in [7, 11) is 0. The zero-order valence-electron chi connectivity index (χ0n) is 18.9. The van der Waals surface area contributed by atoms with Crippen LogP contribution in [-0.2, 0) is 0 Å². The molecule has 2 nitrogen and oxygen atoms in total. The molecular formula is C32H21IN2. The van der Waals surface area contributed by atoms with Crippen LogP contribution < -0.4 is 0 Å². The second-order valence-corrected chi connectivity index (χ2v) is 9.75. The molecule has 0 amide bonds. The fraction of sp³-hybridized carbons (Fsp3) is 0. The summed E-state index contributed by atoms with van der Waals surface area (Å²) in [5, 5.41) is 1.13. The molecule has 0 N–H and O–H groups in total. The predicted octanol–water partition coefficient (Wildman–Crippen LogP) is 8.90. The van der Waals surface area contributed by atoms with Crippen molar-refractivity contribution < 1.29 is 0 Å². The Balaban J connectivity index is 1.26. The Bertz CT molecular complexity index is 1610. The molecule has 6 rings (SSSR count). The molecule has 2 aromatic heterocycles. The second kappa shape index (κ2) is 9.43. The van der Waals surface area contributed by atoms with E-state index < -0.39 is 0 Å². The lowest BCUT2D eigenvalue weighted by Crippen LogP contribution is -1.86. The van der Waals surface area contributed by atoms with E-state index >= 15 is 0 Å². The number of halogens is 1. The van der Waals surface area contributed by atoms with E-state index in [0.717, 1.165) is 33.3 Å². The topological polar surface area (TPSA) is 25.8 Å². The third-order valence-electron chi connectivity index (χ3n) is 6.26. The second-order valence-electron chi connectivity index (χ2n) is 8.51. The molecule has 0 radical (unpaired) electrons. The van der Waals surface area contributed by atoms with Gasteiger partial charge >= 0.3 is 0 Å². The van der Waals surface area contributed by atoms with Crippen LogP contribution in [0.2, 0.25) is 0 Å². The first-order valence-electron chi connectivity index (χ1n) is 11.5. The molecule has 0 unspecified atom stereocenters. The van der Waals surface area contributed by atoms with Crippen molar-refractivity contribution in [2.75, 3.05) is 0 Å². The fourth-order valence-corrected chi connectivity index (χ4v) is 4.68. The third-order valence-corrected chi connectivity index (χ3v) is 6.98. The van der Waals surface area contributed by atoms with E-state index in [1.807, 2.05) is 30.6 Å². The Hall–Kier alpha value is -3.83. The molecule has 35 heavy (non-hydrogen) atoms. The molecule has 2 heterocycles. The van der Waals surface area contributed by atoms with Gasteiger partial charge in [0.05, 0.1) is 11.2 Å². The minimum absolute atomic E-state index is 0.981. The maximum absolute atomic E-state index is 4.78. The first kappa shape index (κ1) is 21.7. The smallest absolute Gasteiger partial charge is 0.0708 e. The highest BCUT2D eigenvalue weighted by Crippen LogP contribution is 2.30. The Morgan fingerprint density at radius 1 is 0.457 bits per heavy atom. The molecule has 0 fully saturated rings. The van der Waals surface area contributed by atoms with E-state index in [1.165, 1.54) is 25.8 Å². The van der Waals surface area contributed by atoms with Gasteiger partial charge < -0.3 is 0 Å². The van der Waals surface area contributed by atoms with E-state index in [2.05, 4.69) is 125 Å². The molecule has 6 aromatic rings. The Morgan fingerprint density at radius 2 is 1.03 bits per heavy atom. The van der Waals surface area contributed by atoms with Crippen molar-refractivity contribution in [3.63, 3.8) is 0 Å². The van der Waals surface area contributed by atoms with Crippen LogP contribution in [-0.4, -0.2) is 9.97 Å². The van der Waals surface area contributed by atoms with Gasteiger partial charge in [0.25, 0.3) is 0 Å². The summed E-state index contributed by atoms with van der Waals surface area (Å²) in [4.78, 5) is 9.22. The number of hydrogen-bond acceptors (Lipinski definition) is 2. The van der Waals surface area contributed by atoms with E-state index in [9.17, 15) is 0 Å². The maximum Gasteiger partial charge on any atom is 0.0708 e. The van der Waals surface area contributed by atoms with Gasteiger partial charge in [-0.3, -0.25) is 9.97 Å². The SMILES string of the molecule is Ic1ccc(-c2ccc(-c3ccc4cc(-c5ccc(-c6ccccn6)cc5)cnc4c3)cc2)cc1. The maximum atomic E-state index is 4.78. The van der Waals surface area contributed by atoms with Crippen molar-refractivity contribution in [1.82, 2.24) is 9.97 Å². The van der Waals surface area contributed by atoms with E-state index in [0.29, 0.717) is 0 Å². The highest BCUT2D eigenvalue weighted by atomic mass is 127. The lowest BCUT2D eigenvalue weighted by Gasteiger charge is -2.08. The molecule has 0 saturated carbocycles. The predicted molar refractivity (Wildman–Crippen MR) is 154 cm³/mol. The number of benzene rings is 4. The van der Waals surface area contributed by atoms with Crippen molar-refractivity contribution in [2.45, 2.75) is 0 Å². The van der Waals surface area contributed by atoms with Crippen LogP contribution in [0.5, 0.6) is 0 Å². The van der Waals surface area contributed by atoms with Gasteiger partial charge in [-0.1, -0.05) is 78.9 Å². The first-order valence-corrected chi connectivity index (χ1v) is 12.6. The fourth-order valence-electron chi connectivity index (χ4n) is 4.32. The minimum atomic E-state index is 0.981. The average molecular weight is 560 g/mol. The number of hydrogen-bond donors (Lipinski definition) is 0. The van der Waals surface area contributed by atoms with E-state index in [1.54, 1.807) is 0 Å². The zero-order valence-corrected chi connectivity index (χ0v) is 21.1. The van der Waals surface area contributed by atoms with Gasteiger partial charge in [-0.2, -0.15) is 0 Å². The Kier molecular flexibility index (Phi) is 5.84. The van der Waals surface area contributed by atoms with Crippen molar-refractivity contribution in [1.29, 1.82) is 0 Å². The van der Waals surface area contributed by atoms with Crippen LogP contribution in [0, 0.1) is 3.57 Å². The van der Waals surface area contributed by atoms with Gasteiger partial charge in [0.15, 0.2) is 0 Å². The molecule has 4 aromatic carbocycles. The molecule has 0 aliphatic carbocycles. The monoisotopic (exact) mass is 560 g/mol. The minimum Gasteiger partial charge on any atom is -0.256 e. The Labute approximate surface area is 218 Å². The van der Waals surface area contributed by atoms with Crippen molar-refractivity contribution >= 4 is 33.5 Å². The molecule has 0 spiro atoms. The highest BCUT2D eigenvalue weighted by molar-refractivity contribution is 14.1. The van der Waals surface area contributed by atoms with E-state index in [-0.39, 0.29) is 0 Å². The Morgan fingerprint density at radius 3 is 1.69 bits per heavy atom. The quantitative estimate of drug-likeness (QED) is 0.201. The summed E-state index contributed by atoms with van der Waals surface area (Å²) < 4.78 is 1.25. The molecule has 0 atom stereocenters. The largest absolute Gasteiger partial charge is 0.256 e. The number of aromatic nitrogens is 2. The number of nitrogens with zero attached hydrogens (tertiary/aromatic N) is 2. The highest BCUT2D eigenvalue weighted by Gasteiger charge is 2.06. The number of rotatable bonds is 4. The number of pyridine rings is 2. The molecule has 166 valence electrons. The summed E-state index contributed by atoms with van der Waals surface area (Å²) in [5.41, 5.74) is 10.2. The standard InChI is InChI=1S/C32H21IN2/c33-30-16-14-23(15-17-30)22-4-6-24(7-5-22)27-12-13-28-19-29(21-35-32(28)20-27)25-8-10-26(11-9-25)31-3-1-2-18-34-31/h1-21H. The lowest BCUT2D eigenvalue weighted by molar-refractivity contribution is 1.33. The summed E-state index contributed by atoms with van der Waals surface area (Å²) in [6, 6.07) is 40.6. The van der Waals surface area contributed by atoms with Crippen LogP contribution in [0.4, 0.5) is 0 Å². The first-order chi connectivity index (χ1) is 17.2. The van der Waals surface area contributed by atoms with Gasteiger partial charge in [-0.05, 0) is 86.8 Å². The van der Waals surface area contributed by atoms with Gasteiger partial charge in [0.2, 0.25) is 0 Å². The lowest BCUT2D eigenvalue weighted by atomic mass is 9.98. The molecule has 0 saturated heterocycles. The van der Waals surface area contributed by atoms with Crippen LogP contribution in [0.25, 0.3) is 55.5 Å². The summed E-state index contributed by atoms with van der Waals surface area (Å²) in [6.45, 7) is 0. The van der Waals surface area contributed by atoms with Gasteiger partial charge in [-0.25, -0.2) is 0 Å². The van der Waals surface area contributed by atoms with E-state index in [4.69, 9.17) is 4.98 Å². The molecular weight excluding hydrogens is 539 g/mol. The molecule has 0 aliphatic rings. The normalized spacial score (nSPS) is 11.0. The molecule has 3 heteroatoms. The van der Waals surface area contributed by atoms with Crippen LogP contribution in [0.15, 0.2) is 128 Å². The van der Waals surface area contributed by atoms with Crippen molar-refractivity contribution in [3.05, 3.63) is 131 Å². The molecule has 0 bridgehead atoms. The van der Waals surface area contributed by atoms with Gasteiger partial charge in [-0.15, -0.1) is 0 Å². The average Bonchev–Trinajstić information content (AvgIpc) is 2.94. The summed E-state index contributed by atoms with van der Waals surface area (Å²) in [5.74, 6) is 0. The summed E-state index contributed by atoms with van der Waals surface area (Å²) in [6.07, 6.45) is 3.78. The summed E-state index contributed by atoms with van der Waals surface area (Å²) >= 11 is 2.34. The van der Waals surface area contributed by atoms with Gasteiger partial charge in [0.1, 0.15) is 0 Å². The van der Waals surface area contributed by atoms with Crippen LogP contribution in [0.1, 0.15) is 0 Å². The van der Waals surface area contributed by atoms with Crippen molar-refractivity contribution in [3.8, 4) is 44.6 Å². The third kappa shape index (κ3) is 4.60. The van der Waals surface area contributed by atoms with Gasteiger partial charge in [0, 0.05) is 32.5 Å².